The number of hydrogen-bond acceptors (Lipinski definition) is 13. The molecule has 262 valence electrons. The van der Waals surface area contributed by atoms with Gasteiger partial charge in [-0.1, -0.05) is 27.7 Å². The number of Topliss-reactive ketones (excluding diaryl/α,β-unsaturated/α-hetero) is 2. The Bertz CT molecular complexity index is 1170. The molecule has 2 amide bonds. The first-order valence-electron chi connectivity index (χ1n) is 15.9. The standard InChI is InChI=1S/C31H52N4O11/c1-11-20-31(8)24(33-28(40)46-31)16(4)21(36)14(2)13-30(7,45-29(41)34-32)25(17(5)22(37)18(6)26(39)43-20)44-27-23(38)19(35(9)10)12-15(3)42-27/h14-20,23-25,27,38H,11-13,32H2,1-10H3,(H,33,40)(H,34,41)/t14-,15-,16+,17+,18-,19+,20-,23-,24+,25-,27+,30-,31-/m1/s1. The zero-order chi connectivity index (χ0) is 34.9. The fourth-order valence-corrected chi connectivity index (χ4v) is 7.33. The summed E-state index contributed by atoms with van der Waals surface area (Å²) in [6.07, 6.45) is -6.34. The van der Waals surface area contributed by atoms with Crippen molar-refractivity contribution >= 4 is 29.7 Å². The molecule has 15 nitrogen and oxygen atoms in total. The minimum absolute atomic E-state index is 0.157. The predicted molar refractivity (Wildman–Crippen MR) is 163 cm³/mol. The van der Waals surface area contributed by atoms with E-state index in [1.807, 2.05) is 31.3 Å². The van der Waals surface area contributed by atoms with Gasteiger partial charge >= 0.3 is 18.2 Å². The average Bonchev–Trinajstić information content (AvgIpc) is 3.31. The molecule has 46 heavy (non-hydrogen) atoms. The Morgan fingerprint density at radius 3 is 2.28 bits per heavy atom. The average molecular weight is 657 g/mol. The quantitative estimate of drug-likeness (QED) is 0.0827. The van der Waals surface area contributed by atoms with Crippen LogP contribution in [0.3, 0.4) is 0 Å². The monoisotopic (exact) mass is 656 g/mol. The third-order valence-electron chi connectivity index (χ3n) is 9.90. The molecule has 0 unspecified atom stereocenters. The molecule has 3 rings (SSSR count). The first kappa shape index (κ1) is 37.6. The predicted octanol–water partition coefficient (Wildman–Crippen LogP) is 1.43. The molecular formula is C31H52N4O11. The number of rotatable bonds is 5. The number of alkyl carbamates (subject to hydrolysis) is 1. The Morgan fingerprint density at radius 1 is 1.09 bits per heavy atom. The summed E-state index contributed by atoms with van der Waals surface area (Å²) >= 11 is 0. The van der Waals surface area contributed by atoms with Crippen LogP contribution >= 0.6 is 0 Å². The smallest absolute Gasteiger partial charge is 0.422 e. The highest BCUT2D eigenvalue weighted by molar-refractivity contribution is 6.00. The first-order chi connectivity index (χ1) is 21.3. The Labute approximate surface area is 270 Å². The van der Waals surface area contributed by atoms with Crippen molar-refractivity contribution in [1.29, 1.82) is 0 Å². The maximum Gasteiger partial charge on any atom is 0.422 e. The number of hydrazine groups is 1. The summed E-state index contributed by atoms with van der Waals surface area (Å²) in [7, 11) is 3.62. The second-order valence-electron chi connectivity index (χ2n) is 13.7. The van der Waals surface area contributed by atoms with Crippen molar-refractivity contribution < 1.29 is 52.8 Å². The molecule has 0 aliphatic carbocycles. The second kappa shape index (κ2) is 14.5. The molecule has 3 fully saturated rings. The van der Waals surface area contributed by atoms with E-state index in [0.29, 0.717) is 6.42 Å². The molecule has 3 aliphatic heterocycles. The number of nitrogens with one attached hydrogen (secondary N) is 2. The van der Waals surface area contributed by atoms with Crippen LogP contribution in [0.2, 0.25) is 0 Å². The Balaban J connectivity index is 2.17. The molecular weight excluding hydrogens is 604 g/mol. The topological polar surface area (TPSA) is 205 Å². The summed E-state index contributed by atoms with van der Waals surface area (Å²) in [5.41, 5.74) is -1.24. The molecule has 3 aliphatic rings. The molecule has 5 N–H and O–H groups in total. The number of fused-ring (bicyclic) bond motifs is 1. The van der Waals surface area contributed by atoms with Crippen molar-refractivity contribution in [2.45, 2.75) is 129 Å². The van der Waals surface area contributed by atoms with E-state index in [1.165, 1.54) is 20.8 Å². The van der Waals surface area contributed by atoms with E-state index in [-0.39, 0.29) is 30.8 Å². The molecule has 15 heteroatoms. The largest absolute Gasteiger partial charge is 0.458 e. The minimum atomic E-state index is -1.73. The summed E-state index contributed by atoms with van der Waals surface area (Å²) in [6.45, 7) is 12.8. The maximum absolute atomic E-state index is 14.1. The number of cyclic esters (lactones) is 1. The molecule has 3 heterocycles. The van der Waals surface area contributed by atoms with Crippen molar-refractivity contribution in [1.82, 2.24) is 15.6 Å². The van der Waals surface area contributed by atoms with Gasteiger partial charge in [-0.05, 0) is 61.1 Å². The van der Waals surface area contributed by atoms with Crippen molar-refractivity contribution in [3.8, 4) is 0 Å². The molecule has 13 atom stereocenters. The normalized spacial score (nSPS) is 42.8. The number of likely N-dealkylation sites (N-methyl/N-ethyl adjacent to an activating group) is 1. The van der Waals surface area contributed by atoms with E-state index >= 15 is 0 Å². The third kappa shape index (κ3) is 7.48. The molecule has 0 spiro atoms. The molecule has 0 aromatic heterocycles. The highest BCUT2D eigenvalue weighted by Gasteiger charge is 2.57. The van der Waals surface area contributed by atoms with Gasteiger partial charge in [-0.3, -0.25) is 19.8 Å². The summed E-state index contributed by atoms with van der Waals surface area (Å²) in [5.74, 6) is -0.532. The number of nitrogens with two attached hydrogens (primary N) is 1. The van der Waals surface area contributed by atoms with E-state index in [4.69, 9.17) is 29.5 Å². The van der Waals surface area contributed by atoms with Crippen molar-refractivity contribution in [2.75, 3.05) is 14.1 Å². The van der Waals surface area contributed by atoms with Gasteiger partial charge < -0.3 is 39.0 Å². The number of nitrogens with zero attached hydrogens (tertiary/aromatic N) is 1. The SMILES string of the molecule is CC[C@H]1OC(=O)[C@H](C)C(=O)[C@H](C)[C@@H](O[C@@H]2O[C@H](C)C[C@H](N(C)C)[C@H]2O)[C@](C)(OC(=O)NN)C[C@@H](C)C(=O)[C@H](C)[C@@H]2NC(=O)O[C@]12C. The number of aliphatic hydroxyl groups is 1. The molecule has 3 saturated heterocycles. The van der Waals surface area contributed by atoms with E-state index in [0.717, 1.165) is 0 Å². The van der Waals surface area contributed by atoms with Gasteiger partial charge in [0.05, 0.1) is 12.1 Å². The summed E-state index contributed by atoms with van der Waals surface area (Å²) < 4.78 is 29.7. The van der Waals surface area contributed by atoms with Crippen LogP contribution in [0.25, 0.3) is 0 Å². The zero-order valence-corrected chi connectivity index (χ0v) is 28.5. The number of ether oxygens (including phenoxy) is 5. The molecule has 0 aromatic rings. The van der Waals surface area contributed by atoms with Crippen LogP contribution in [0.4, 0.5) is 9.59 Å². The van der Waals surface area contributed by atoms with Gasteiger partial charge in [-0.2, -0.15) is 0 Å². The lowest BCUT2D eigenvalue weighted by molar-refractivity contribution is -0.292. The number of aliphatic hydroxyl groups excluding tert-OH is 1. The van der Waals surface area contributed by atoms with Gasteiger partial charge in [0.25, 0.3) is 0 Å². The summed E-state index contributed by atoms with van der Waals surface area (Å²) in [4.78, 5) is 68.7. The second-order valence-corrected chi connectivity index (χ2v) is 13.7. The van der Waals surface area contributed by atoms with Gasteiger partial charge in [0.1, 0.15) is 35.6 Å². The lowest BCUT2D eigenvalue weighted by atomic mass is 9.73. The lowest BCUT2D eigenvalue weighted by Crippen LogP contribution is -2.61. The Morgan fingerprint density at radius 2 is 1.72 bits per heavy atom. The highest BCUT2D eigenvalue weighted by Crippen LogP contribution is 2.40. The van der Waals surface area contributed by atoms with Gasteiger partial charge in [-0.25, -0.2) is 15.4 Å². The third-order valence-corrected chi connectivity index (χ3v) is 9.90. The van der Waals surface area contributed by atoms with Gasteiger partial charge in [0, 0.05) is 23.8 Å². The van der Waals surface area contributed by atoms with E-state index in [1.54, 1.807) is 27.7 Å². The molecule has 0 saturated carbocycles. The number of carbonyl (C=O) groups excluding carboxylic acids is 5. The zero-order valence-electron chi connectivity index (χ0n) is 28.5. The Kier molecular flexibility index (Phi) is 11.9. The number of esters is 1. The fourth-order valence-electron chi connectivity index (χ4n) is 7.33. The minimum Gasteiger partial charge on any atom is -0.458 e. The van der Waals surface area contributed by atoms with Crippen LogP contribution < -0.4 is 16.6 Å². The van der Waals surface area contributed by atoms with Gasteiger partial charge in [-0.15, -0.1) is 0 Å². The fraction of sp³-hybridized carbons (Fsp3) is 0.839. The Hall–Kier alpha value is -2.85. The van der Waals surface area contributed by atoms with E-state index in [9.17, 15) is 29.1 Å². The van der Waals surface area contributed by atoms with E-state index in [2.05, 4.69) is 5.32 Å². The van der Waals surface area contributed by atoms with Gasteiger partial charge in [0.2, 0.25) is 0 Å². The lowest BCUT2D eigenvalue weighted by Gasteiger charge is -2.47. The molecule has 0 radical (unpaired) electrons. The van der Waals surface area contributed by atoms with E-state index < -0.39 is 89.5 Å². The van der Waals surface area contributed by atoms with Crippen molar-refractivity contribution in [3.05, 3.63) is 0 Å². The number of carbonyl (C=O) groups is 5. The number of hydrogen-bond donors (Lipinski definition) is 4. The molecule has 0 bridgehead atoms. The van der Waals surface area contributed by atoms with Crippen molar-refractivity contribution in [3.63, 3.8) is 0 Å². The number of amides is 2. The summed E-state index contributed by atoms with van der Waals surface area (Å²) in [6, 6.07) is -1.25. The van der Waals surface area contributed by atoms with Gasteiger partial charge in [0.15, 0.2) is 17.7 Å². The van der Waals surface area contributed by atoms with Crippen molar-refractivity contribution in [2.24, 2.45) is 29.5 Å². The van der Waals surface area contributed by atoms with Crippen LogP contribution in [0.1, 0.15) is 74.7 Å². The first-order valence-corrected chi connectivity index (χ1v) is 15.9. The van der Waals surface area contributed by atoms with Crippen LogP contribution in [-0.2, 0) is 38.1 Å². The molecule has 0 aromatic carbocycles. The maximum atomic E-state index is 14.1. The van der Waals surface area contributed by atoms with Crippen LogP contribution in [-0.4, -0.2) is 108 Å². The summed E-state index contributed by atoms with van der Waals surface area (Å²) in [5, 5.41) is 14.0. The number of ketones is 2. The highest BCUT2D eigenvalue weighted by atomic mass is 16.7. The van der Waals surface area contributed by atoms with Crippen LogP contribution in [0.5, 0.6) is 0 Å². The van der Waals surface area contributed by atoms with Crippen LogP contribution in [0, 0.1) is 23.7 Å². The van der Waals surface area contributed by atoms with Crippen LogP contribution in [0.15, 0.2) is 0 Å².